The molecule has 0 amide bonds. The maximum absolute atomic E-state index is 12.1. The van der Waals surface area contributed by atoms with Crippen LogP contribution >= 0.6 is 0 Å². The molecule has 1 fully saturated rings. The molecule has 1 saturated heterocycles. The molecule has 1 aliphatic rings. The Morgan fingerprint density at radius 3 is 1.70 bits per heavy atom. The van der Waals surface area contributed by atoms with Gasteiger partial charge in [-0.3, -0.25) is 14.4 Å². The van der Waals surface area contributed by atoms with Crippen molar-refractivity contribution in [1.29, 1.82) is 0 Å². The Bertz CT molecular complexity index is 477. The minimum atomic E-state index is -0.851. The summed E-state index contributed by atoms with van der Waals surface area (Å²) in [7, 11) is 0. The molecule has 4 unspecified atom stereocenters. The van der Waals surface area contributed by atoms with E-state index in [0.717, 1.165) is 6.42 Å². The van der Waals surface area contributed by atoms with E-state index in [1.807, 2.05) is 27.7 Å². The lowest BCUT2D eigenvalue weighted by molar-refractivity contribution is -0.228. The van der Waals surface area contributed by atoms with Crippen LogP contribution < -0.4 is 0 Å². The van der Waals surface area contributed by atoms with E-state index in [0.29, 0.717) is 25.7 Å². The van der Waals surface area contributed by atoms with Gasteiger partial charge in [0.2, 0.25) is 0 Å². The summed E-state index contributed by atoms with van der Waals surface area (Å²) < 4.78 is 22.6. The monoisotopic (exact) mass is 386 g/mol. The Labute approximate surface area is 162 Å². The Balaban J connectivity index is 3.03. The third kappa shape index (κ3) is 7.87. The molecule has 1 heterocycles. The predicted octanol–water partition coefficient (Wildman–Crippen LogP) is 3.32. The zero-order valence-corrected chi connectivity index (χ0v) is 17.0. The van der Waals surface area contributed by atoms with E-state index in [9.17, 15) is 14.4 Å². The third-order valence-electron chi connectivity index (χ3n) is 4.28. The summed E-state index contributed by atoms with van der Waals surface area (Å²) >= 11 is 0. The van der Waals surface area contributed by atoms with Gasteiger partial charge in [0.1, 0.15) is 0 Å². The van der Waals surface area contributed by atoms with Crippen LogP contribution in [0.4, 0.5) is 0 Å². The van der Waals surface area contributed by atoms with E-state index < -0.39 is 30.4 Å². The maximum atomic E-state index is 12.1. The lowest BCUT2D eigenvalue weighted by Crippen LogP contribution is -2.57. The average Bonchev–Trinajstić information content (AvgIpc) is 2.60. The number of ether oxygens (including phenoxy) is 4. The quantitative estimate of drug-likeness (QED) is 0.397. The van der Waals surface area contributed by atoms with Gasteiger partial charge in [-0.05, 0) is 25.7 Å². The number of hydrogen-bond acceptors (Lipinski definition) is 7. The molecule has 0 aromatic carbocycles. The highest BCUT2D eigenvalue weighted by Crippen LogP contribution is 2.27. The highest BCUT2D eigenvalue weighted by molar-refractivity contribution is 5.71. The van der Waals surface area contributed by atoms with Crippen LogP contribution in [0.3, 0.4) is 0 Å². The summed E-state index contributed by atoms with van der Waals surface area (Å²) in [6, 6.07) is 0. The summed E-state index contributed by atoms with van der Waals surface area (Å²) in [5, 5.41) is 0. The second kappa shape index (κ2) is 12.7. The van der Waals surface area contributed by atoms with Crippen molar-refractivity contribution in [1.82, 2.24) is 0 Å². The summed E-state index contributed by atoms with van der Waals surface area (Å²) in [4.78, 5) is 36.3. The van der Waals surface area contributed by atoms with E-state index in [4.69, 9.17) is 18.9 Å². The molecular weight excluding hydrogens is 352 g/mol. The molecule has 27 heavy (non-hydrogen) atoms. The first-order valence-electron chi connectivity index (χ1n) is 10.2. The molecule has 0 N–H and O–H groups in total. The minimum Gasteiger partial charge on any atom is -0.456 e. The van der Waals surface area contributed by atoms with Gasteiger partial charge in [-0.2, -0.15) is 0 Å². The van der Waals surface area contributed by atoms with Gasteiger partial charge in [0.15, 0.2) is 18.3 Å². The number of rotatable bonds is 11. The van der Waals surface area contributed by atoms with Crippen LogP contribution in [0.25, 0.3) is 0 Å². The van der Waals surface area contributed by atoms with Crippen LogP contribution in [0, 0.1) is 0 Å². The molecule has 156 valence electrons. The average molecular weight is 386 g/mol. The second-order valence-electron chi connectivity index (χ2n) is 6.85. The summed E-state index contributed by atoms with van der Waals surface area (Å²) in [6.45, 7) is 7.76. The fourth-order valence-electron chi connectivity index (χ4n) is 3.01. The summed E-state index contributed by atoms with van der Waals surface area (Å²) in [5.74, 6) is -1.15. The molecule has 7 heteroatoms. The number of hydrogen-bond donors (Lipinski definition) is 0. The van der Waals surface area contributed by atoms with Crippen molar-refractivity contribution < 1.29 is 33.3 Å². The Morgan fingerprint density at radius 2 is 1.22 bits per heavy atom. The molecule has 1 rings (SSSR count). The fraction of sp³-hybridized carbons (Fsp3) is 0.850. The van der Waals surface area contributed by atoms with E-state index in [2.05, 4.69) is 0 Å². The number of carbonyl (C=O) groups is 3. The van der Waals surface area contributed by atoms with Gasteiger partial charge in [-0.15, -0.1) is 0 Å². The van der Waals surface area contributed by atoms with E-state index in [1.54, 1.807) is 0 Å². The fourth-order valence-corrected chi connectivity index (χ4v) is 3.01. The van der Waals surface area contributed by atoms with Gasteiger partial charge in [0, 0.05) is 19.3 Å². The molecule has 0 aliphatic carbocycles. The molecular formula is C20H34O7. The molecule has 7 nitrogen and oxygen atoms in total. The lowest BCUT2D eigenvalue weighted by Gasteiger charge is -2.41. The molecule has 0 bridgehead atoms. The lowest BCUT2D eigenvalue weighted by atomic mass is 9.96. The molecule has 0 aromatic rings. The summed E-state index contributed by atoms with van der Waals surface area (Å²) in [5.41, 5.74) is 0. The summed E-state index contributed by atoms with van der Waals surface area (Å²) in [6.07, 6.45) is 1.41. The van der Waals surface area contributed by atoms with Crippen LogP contribution in [0.5, 0.6) is 0 Å². The van der Waals surface area contributed by atoms with Gasteiger partial charge in [0.05, 0.1) is 12.7 Å². The van der Waals surface area contributed by atoms with Gasteiger partial charge in [-0.1, -0.05) is 34.1 Å². The standard InChI is InChI=1S/C20H34O7/c1-5-9-14-19(26-17(22)11-7-3)20(27-18(23)12-8-4)15(13-24-14)25-16(21)10-6-2/h14-15,19-20H,5-13H2,1-4H3. The van der Waals surface area contributed by atoms with E-state index in [-0.39, 0.29) is 37.8 Å². The number of esters is 3. The van der Waals surface area contributed by atoms with Crippen molar-refractivity contribution in [2.24, 2.45) is 0 Å². The normalized spacial score (nSPS) is 24.9. The first-order valence-corrected chi connectivity index (χ1v) is 10.2. The van der Waals surface area contributed by atoms with E-state index in [1.165, 1.54) is 0 Å². The molecule has 4 atom stereocenters. The van der Waals surface area contributed by atoms with Gasteiger partial charge in [-0.25, -0.2) is 0 Å². The highest BCUT2D eigenvalue weighted by Gasteiger charge is 2.46. The van der Waals surface area contributed by atoms with Crippen LogP contribution in [-0.4, -0.2) is 48.9 Å². The van der Waals surface area contributed by atoms with Crippen molar-refractivity contribution in [3.8, 4) is 0 Å². The van der Waals surface area contributed by atoms with Crippen LogP contribution in [0.15, 0.2) is 0 Å². The minimum absolute atomic E-state index is 0.117. The first kappa shape index (κ1) is 23.4. The first-order chi connectivity index (χ1) is 13.0. The zero-order chi connectivity index (χ0) is 20.2. The van der Waals surface area contributed by atoms with Crippen LogP contribution in [0.2, 0.25) is 0 Å². The topological polar surface area (TPSA) is 88.1 Å². The van der Waals surface area contributed by atoms with Crippen molar-refractivity contribution >= 4 is 17.9 Å². The highest BCUT2D eigenvalue weighted by atomic mass is 16.6. The molecule has 1 aliphatic heterocycles. The van der Waals surface area contributed by atoms with Gasteiger partial charge < -0.3 is 18.9 Å². The van der Waals surface area contributed by atoms with Crippen LogP contribution in [0.1, 0.15) is 79.1 Å². The largest absolute Gasteiger partial charge is 0.456 e. The van der Waals surface area contributed by atoms with Gasteiger partial charge >= 0.3 is 17.9 Å². The SMILES string of the molecule is CCCC(=O)OC1COC(CCC)C(OC(=O)CCC)C1OC(=O)CCC. The molecule has 0 saturated carbocycles. The molecule has 0 spiro atoms. The van der Waals surface area contributed by atoms with Crippen LogP contribution in [-0.2, 0) is 33.3 Å². The Kier molecular flexibility index (Phi) is 11.0. The second-order valence-corrected chi connectivity index (χ2v) is 6.85. The zero-order valence-electron chi connectivity index (χ0n) is 17.0. The van der Waals surface area contributed by atoms with Crippen molar-refractivity contribution in [3.63, 3.8) is 0 Å². The van der Waals surface area contributed by atoms with Crippen molar-refractivity contribution in [2.45, 2.75) is 103 Å². The number of carbonyl (C=O) groups excluding carboxylic acids is 3. The van der Waals surface area contributed by atoms with Crippen molar-refractivity contribution in [3.05, 3.63) is 0 Å². The van der Waals surface area contributed by atoms with Crippen molar-refractivity contribution in [2.75, 3.05) is 6.61 Å². The molecule has 0 radical (unpaired) electrons. The van der Waals surface area contributed by atoms with E-state index >= 15 is 0 Å². The Morgan fingerprint density at radius 1 is 0.741 bits per heavy atom. The maximum Gasteiger partial charge on any atom is 0.306 e. The Hall–Kier alpha value is -1.63. The smallest absolute Gasteiger partial charge is 0.306 e. The third-order valence-corrected chi connectivity index (χ3v) is 4.28. The predicted molar refractivity (Wildman–Crippen MR) is 99.0 cm³/mol. The molecule has 0 aromatic heterocycles. The van der Waals surface area contributed by atoms with Gasteiger partial charge in [0.25, 0.3) is 0 Å².